The van der Waals surface area contributed by atoms with Crippen LogP contribution in [0.4, 0.5) is 5.13 Å². The van der Waals surface area contributed by atoms with E-state index >= 15 is 0 Å². The fraction of sp³-hybridized carbons (Fsp3) is 0.750. The summed E-state index contributed by atoms with van der Waals surface area (Å²) in [7, 11) is 4.06. The summed E-state index contributed by atoms with van der Waals surface area (Å²) in [5.41, 5.74) is 0. The molecule has 1 aliphatic rings. The molecule has 9 heteroatoms. The number of nitrogens with zero attached hydrogens (tertiary/aromatic N) is 3. The van der Waals surface area contributed by atoms with Crippen LogP contribution >= 0.6 is 36.2 Å². The Morgan fingerprint density at radius 1 is 1.43 bits per heavy atom. The number of rotatable bonds is 5. The molecule has 1 aromatic heterocycles. The van der Waals surface area contributed by atoms with Crippen molar-refractivity contribution in [3.05, 3.63) is 5.01 Å². The fourth-order valence-electron chi connectivity index (χ4n) is 2.01. The normalized spacial score (nSPS) is 17.8. The van der Waals surface area contributed by atoms with Crippen molar-refractivity contribution in [2.45, 2.75) is 19.3 Å². The number of halogens is 2. The Balaban J connectivity index is 0.00000200. The van der Waals surface area contributed by atoms with E-state index in [1.807, 2.05) is 14.1 Å². The largest absolute Gasteiger partial charge is 0.316 e. The number of likely N-dealkylation sites (N-methyl/N-ethyl adjacent to an activating group) is 1. The van der Waals surface area contributed by atoms with Crippen LogP contribution in [0.25, 0.3) is 0 Å². The standard InChI is InChI=1S/C12H21N5OS.2ClH/c1-17(2)7-5-10-15-16-12(19-10)14-11(18)9-4-3-6-13-8-9;;/h9,13H,3-8H2,1-2H3,(H,14,16,18);2*1H/t9-;;/m1../s1. The maximum absolute atomic E-state index is 12.0. The van der Waals surface area contributed by atoms with E-state index in [1.165, 1.54) is 11.3 Å². The third kappa shape index (κ3) is 6.88. The summed E-state index contributed by atoms with van der Waals surface area (Å²) < 4.78 is 0. The van der Waals surface area contributed by atoms with Gasteiger partial charge in [0.1, 0.15) is 5.01 Å². The molecule has 6 nitrogen and oxygen atoms in total. The van der Waals surface area contributed by atoms with E-state index in [2.05, 4.69) is 25.7 Å². The number of carbonyl (C=O) groups is 1. The summed E-state index contributed by atoms with van der Waals surface area (Å²) in [6.45, 7) is 2.71. The zero-order valence-corrected chi connectivity index (χ0v) is 14.7. The quantitative estimate of drug-likeness (QED) is 0.835. The van der Waals surface area contributed by atoms with Gasteiger partial charge in [-0.3, -0.25) is 4.79 Å². The van der Waals surface area contributed by atoms with E-state index in [-0.39, 0.29) is 36.6 Å². The highest BCUT2D eigenvalue weighted by Gasteiger charge is 2.21. The Morgan fingerprint density at radius 3 is 2.81 bits per heavy atom. The molecule has 0 unspecified atom stereocenters. The van der Waals surface area contributed by atoms with Crippen LogP contribution in [-0.4, -0.2) is 54.7 Å². The molecule has 0 bridgehead atoms. The highest BCUT2D eigenvalue weighted by molar-refractivity contribution is 7.15. The number of hydrogen-bond donors (Lipinski definition) is 2. The monoisotopic (exact) mass is 355 g/mol. The minimum Gasteiger partial charge on any atom is -0.316 e. The number of piperidine rings is 1. The number of carbonyl (C=O) groups excluding carboxylic acids is 1. The number of amides is 1. The summed E-state index contributed by atoms with van der Waals surface area (Å²) in [5.74, 6) is 0.116. The average molecular weight is 356 g/mol. The second-order valence-corrected chi connectivity index (χ2v) is 6.15. The molecule has 1 aliphatic heterocycles. The lowest BCUT2D eigenvalue weighted by atomic mass is 9.99. The van der Waals surface area contributed by atoms with Gasteiger partial charge in [-0.15, -0.1) is 35.0 Å². The Hall–Kier alpha value is -0.470. The molecule has 0 spiro atoms. The Bertz CT molecular complexity index is 424. The molecular formula is C12H23Cl2N5OS. The summed E-state index contributed by atoms with van der Waals surface area (Å²) in [6.07, 6.45) is 2.87. The van der Waals surface area contributed by atoms with Crippen LogP contribution in [0.2, 0.25) is 0 Å². The van der Waals surface area contributed by atoms with Crippen molar-refractivity contribution < 1.29 is 4.79 Å². The third-order valence-corrected chi connectivity index (χ3v) is 4.04. The zero-order chi connectivity index (χ0) is 13.7. The van der Waals surface area contributed by atoms with E-state index in [0.717, 1.165) is 43.9 Å². The summed E-state index contributed by atoms with van der Waals surface area (Å²) >= 11 is 1.47. The van der Waals surface area contributed by atoms with Crippen LogP contribution in [0.1, 0.15) is 17.8 Å². The van der Waals surface area contributed by atoms with Gasteiger partial charge in [0.25, 0.3) is 0 Å². The van der Waals surface area contributed by atoms with Gasteiger partial charge in [0.05, 0.1) is 5.92 Å². The summed E-state index contributed by atoms with van der Waals surface area (Å²) in [4.78, 5) is 14.1. The van der Waals surface area contributed by atoms with Crippen molar-refractivity contribution in [2.75, 3.05) is 39.0 Å². The van der Waals surface area contributed by atoms with E-state index in [1.54, 1.807) is 0 Å². The van der Waals surface area contributed by atoms with Gasteiger partial charge in [-0.05, 0) is 33.5 Å². The van der Waals surface area contributed by atoms with Gasteiger partial charge in [0.2, 0.25) is 11.0 Å². The second-order valence-electron chi connectivity index (χ2n) is 5.09. The Labute approximate surface area is 141 Å². The molecule has 1 saturated heterocycles. The summed E-state index contributed by atoms with van der Waals surface area (Å²) in [5, 5.41) is 15.8. The number of hydrogen-bond acceptors (Lipinski definition) is 6. The van der Waals surface area contributed by atoms with Gasteiger partial charge in [-0.2, -0.15) is 0 Å². The zero-order valence-electron chi connectivity index (χ0n) is 12.3. The van der Waals surface area contributed by atoms with Crippen molar-refractivity contribution >= 4 is 47.2 Å². The molecule has 1 amide bonds. The molecule has 21 heavy (non-hydrogen) atoms. The lowest BCUT2D eigenvalue weighted by Crippen LogP contribution is -2.37. The molecule has 122 valence electrons. The molecule has 2 heterocycles. The first-order valence-electron chi connectivity index (χ1n) is 6.64. The molecule has 1 atom stereocenters. The molecule has 0 radical (unpaired) electrons. The van der Waals surface area contributed by atoms with Crippen LogP contribution < -0.4 is 10.6 Å². The van der Waals surface area contributed by atoms with Crippen LogP contribution in [0, 0.1) is 5.92 Å². The van der Waals surface area contributed by atoms with Gasteiger partial charge >= 0.3 is 0 Å². The van der Waals surface area contributed by atoms with E-state index < -0.39 is 0 Å². The van der Waals surface area contributed by atoms with Gasteiger partial charge in [0, 0.05) is 19.5 Å². The van der Waals surface area contributed by atoms with Gasteiger partial charge in [-0.25, -0.2) is 0 Å². The Kier molecular flexibility index (Phi) is 10.1. The maximum atomic E-state index is 12.0. The van der Waals surface area contributed by atoms with Crippen molar-refractivity contribution in [1.29, 1.82) is 0 Å². The van der Waals surface area contributed by atoms with E-state index in [9.17, 15) is 4.79 Å². The van der Waals surface area contributed by atoms with Crippen LogP contribution in [0.5, 0.6) is 0 Å². The molecule has 0 saturated carbocycles. The SMILES string of the molecule is CN(C)CCc1nnc(NC(=O)[C@@H]2CCCNC2)s1.Cl.Cl. The fourth-order valence-corrected chi connectivity index (χ4v) is 2.74. The third-order valence-electron chi connectivity index (χ3n) is 3.14. The maximum Gasteiger partial charge on any atom is 0.230 e. The number of anilines is 1. The topological polar surface area (TPSA) is 70.2 Å². The molecular weight excluding hydrogens is 333 g/mol. The molecule has 1 fully saturated rings. The van der Waals surface area contributed by atoms with Crippen molar-refractivity contribution in [2.24, 2.45) is 5.92 Å². The minimum absolute atomic E-state index is 0. The number of aromatic nitrogens is 2. The molecule has 0 aromatic carbocycles. The van der Waals surface area contributed by atoms with Crippen molar-refractivity contribution in [3.8, 4) is 0 Å². The van der Waals surface area contributed by atoms with Crippen molar-refractivity contribution in [1.82, 2.24) is 20.4 Å². The lowest BCUT2D eigenvalue weighted by Gasteiger charge is -2.21. The average Bonchev–Trinajstić information content (AvgIpc) is 2.85. The van der Waals surface area contributed by atoms with Gasteiger partial charge in [-0.1, -0.05) is 11.3 Å². The molecule has 2 rings (SSSR count). The molecule has 1 aromatic rings. The predicted octanol–water partition coefficient (Wildman–Crippen LogP) is 1.42. The highest BCUT2D eigenvalue weighted by atomic mass is 35.5. The predicted molar refractivity (Wildman–Crippen MR) is 90.9 cm³/mol. The Morgan fingerprint density at radius 2 is 2.19 bits per heavy atom. The smallest absolute Gasteiger partial charge is 0.230 e. The molecule has 2 N–H and O–H groups in total. The van der Waals surface area contributed by atoms with E-state index in [4.69, 9.17) is 0 Å². The summed E-state index contributed by atoms with van der Waals surface area (Å²) in [6, 6.07) is 0. The van der Waals surface area contributed by atoms with Crippen LogP contribution in [-0.2, 0) is 11.2 Å². The highest BCUT2D eigenvalue weighted by Crippen LogP contribution is 2.18. The lowest BCUT2D eigenvalue weighted by molar-refractivity contribution is -0.120. The second kappa shape index (κ2) is 10.3. The van der Waals surface area contributed by atoms with Crippen LogP contribution in [0.15, 0.2) is 0 Å². The van der Waals surface area contributed by atoms with Crippen LogP contribution in [0.3, 0.4) is 0 Å². The van der Waals surface area contributed by atoms with E-state index in [0.29, 0.717) is 5.13 Å². The van der Waals surface area contributed by atoms with Gasteiger partial charge in [0.15, 0.2) is 0 Å². The minimum atomic E-state index is 0. The first kappa shape index (κ1) is 20.5. The van der Waals surface area contributed by atoms with Gasteiger partial charge < -0.3 is 15.5 Å². The number of nitrogens with one attached hydrogen (secondary N) is 2. The first-order valence-corrected chi connectivity index (χ1v) is 7.45. The van der Waals surface area contributed by atoms with Crippen molar-refractivity contribution in [3.63, 3.8) is 0 Å². The molecule has 0 aliphatic carbocycles. The first-order chi connectivity index (χ1) is 9.15.